The maximum Gasteiger partial charge on any atom is 0.318 e. The molecule has 1 rings (SSSR count). The van der Waals surface area contributed by atoms with Gasteiger partial charge in [0.2, 0.25) is 11.1 Å². The molecule has 0 fully saturated rings. The Morgan fingerprint density at radius 2 is 2.31 bits per heavy atom. The molecule has 0 bridgehead atoms. The molecule has 0 aliphatic carbocycles. The van der Waals surface area contributed by atoms with Crippen molar-refractivity contribution in [3.63, 3.8) is 0 Å². The zero-order chi connectivity index (χ0) is 12.0. The minimum atomic E-state index is -0.854. The van der Waals surface area contributed by atoms with E-state index in [9.17, 15) is 9.59 Å². The van der Waals surface area contributed by atoms with Crippen molar-refractivity contribution in [1.82, 2.24) is 20.5 Å². The van der Waals surface area contributed by atoms with E-state index in [4.69, 9.17) is 5.73 Å². The van der Waals surface area contributed by atoms with Gasteiger partial charge in [-0.3, -0.25) is 15.2 Å². The summed E-state index contributed by atoms with van der Waals surface area (Å²) < 4.78 is 0. The number of primary amides is 1. The molecule has 7 nitrogen and oxygen atoms in total. The zero-order valence-electron chi connectivity index (χ0n) is 8.82. The number of urea groups is 1. The number of nitrogens with one attached hydrogen (secondary N) is 2. The molecule has 8 heteroatoms. The molecule has 1 aromatic rings. The second kappa shape index (κ2) is 6.11. The molecule has 0 aliphatic rings. The van der Waals surface area contributed by atoms with E-state index >= 15 is 0 Å². The van der Waals surface area contributed by atoms with Crippen LogP contribution in [0.2, 0.25) is 0 Å². The fraction of sp³-hybridized carbons (Fsp3) is 0.500. The van der Waals surface area contributed by atoms with Crippen LogP contribution < -0.4 is 11.1 Å². The van der Waals surface area contributed by atoms with Crippen molar-refractivity contribution in [2.24, 2.45) is 5.73 Å². The van der Waals surface area contributed by atoms with E-state index in [1.165, 1.54) is 0 Å². The molecule has 0 radical (unpaired) electrons. The van der Waals surface area contributed by atoms with E-state index in [2.05, 4.69) is 15.2 Å². The highest BCUT2D eigenvalue weighted by molar-refractivity contribution is 7.99. The van der Waals surface area contributed by atoms with Crippen molar-refractivity contribution in [1.29, 1.82) is 0 Å². The van der Waals surface area contributed by atoms with E-state index in [0.717, 1.165) is 30.4 Å². The number of aryl methyl sites for hydroxylation is 1. The molecule has 0 atom stereocenters. The minimum Gasteiger partial charge on any atom is -0.351 e. The fourth-order valence-corrected chi connectivity index (χ4v) is 1.61. The Balaban J connectivity index is 2.36. The molecule has 3 amide bonds. The molecular formula is C8H13N5O2S. The number of H-pyrrole nitrogens is 1. The summed E-state index contributed by atoms with van der Waals surface area (Å²) in [5.41, 5.74) is 4.79. The Hall–Kier alpha value is -1.57. The number of aromatic amines is 1. The number of carbonyl (C=O) groups is 2. The predicted octanol–water partition coefficient (Wildman–Crippen LogP) is 0.0442. The topological polar surface area (TPSA) is 114 Å². The largest absolute Gasteiger partial charge is 0.351 e. The van der Waals surface area contributed by atoms with Gasteiger partial charge < -0.3 is 5.73 Å². The lowest BCUT2D eigenvalue weighted by Gasteiger charge is -1.97. The summed E-state index contributed by atoms with van der Waals surface area (Å²) in [6, 6.07) is -0.854. The smallest absolute Gasteiger partial charge is 0.318 e. The summed E-state index contributed by atoms with van der Waals surface area (Å²) in [5.74, 6) is 0.395. The number of hydrogen-bond donors (Lipinski definition) is 3. The van der Waals surface area contributed by atoms with Crippen molar-refractivity contribution in [2.45, 2.75) is 24.9 Å². The van der Waals surface area contributed by atoms with E-state index in [1.807, 2.05) is 12.2 Å². The number of nitrogens with zero attached hydrogens (tertiary/aromatic N) is 2. The Kier molecular flexibility index (Phi) is 4.77. The van der Waals surface area contributed by atoms with Crippen LogP contribution in [0.3, 0.4) is 0 Å². The van der Waals surface area contributed by atoms with Gasteiger partial charge in [0.05, 0.1) is 5.75 Å². The van der Waals surface area contributed by atoms with Crippen LogP contribution in [0.1, 0.15) is 19.2 Å². The first kappa shape index (κ1) is 12.5. The second-order valence-electron chi connectivity index (χ2n) is 3.02. The van der Waals surface area contributed by atoms with Crippen molar-refractivity contribution in [2.75, 3.05) is 5.75 Å². The van der Waals surface area contributed by atoms with Crippen molar-refractivity contribution in [3.05, 3.63) is 5.82 Å². The SMILES string of the molecule is CCCc1nc(SCC(=O)NC(N)=O)n[nH]1. The highest BCUT2D eigenvalue weighted by atomic mass is 32.2. The van der Waals surface area contributed by atoms with Gasteiger partial charge in [-0.25, -0.2) is 9.78 Å². The number of carbonyl (C=O) groups excluding carboxylic acids is 2. The van der Waals surface area contributed by atoms with E-state index in [1.54, 1.807) is 0 Å². The van der Waals surface area contributed by atoms with Crippen LogP contribution in [0.5, 0.6) is 0 Å². The van der Waals surface area contributed by atoms with Crippen molar-refractivity contribution in [3.8, 4) is 0 Å². The third kappa shape index (κ3) is 4.30. The Bertz CT molecular complexity index is 378. The normalized spacial score (nSPS) is 10.1. The van der Waals surface area contributed by atoms with Gasteiger partial charge in [0, 0.05) is 6.42 Å². The van der Waals surface area contributed by atoms with Crippen molar-refractivity contribution < 1.29 is 9.59 Å². The van der Waals surface area contributed by atoms with Crippen LogP contribution in [0, 0.1) is 0 Å². The molecule has 4 N–H and O–H groups in total. The van der Waals surface area contributed by atoms with E-state index < -0.39 is 11.9 Å². The predicted molar refractivity (Wildman–Crippen MR) is 58.8 cm³/mol. The zero-order valence-corrected chi connectivity index (χ0v) is 9.63. The molecule has 1 aromatic heterocycles. The van der Waals surface area contributed by atoms with Crippen LogP contribution in [0.25, 0.3) is 0 Å². The Labute approximate surface area is 96.6 Å². The van der Waals surface area contributed by atoms with Crippen LogP contribution in [-0.4, -0.2) is 32.9 Å². The number of rotatable bonds is 5. The maximum atomic E-state index is 11.1. The molecule has 16 heavy (non-hydrogen) atoms. The molecule has 0 unspecified atom stereocenters. The molecule has 0 spiro atoms. The van der Waals surface area contributed by atoms with Crippen molar-refractivity contribution >= 4 is 23.7 Å². The molecule has 1 heterocycles. The first-order chi connectivity index (χ1) is 7.61. The van der Waals surface area contributed by atoms with Gasteiger partial charge in [-0.2, -0.15) is 0 Å². The second-order valence-corrected chi connectivity index (χ2v) is 3.96. The maximum absolute atomic E-state index is 11.1. The monoisotopic (exact) mass is 243 g/mol. The quantitative estimate of drug-likeness (QED) is 0.632. The third-order valence-corrected chi connectivity index (χ3v) is 2.44. The van der Waals surface area contributed by atoms with Crippen LogP contribution >= 0.6 is 11.8 Å². The highest BCUT2D eigenvalue weighted by Gasteiger charge is 2.08. The standard InChI is InChI=1S/C8H13N5O2S/c1-2-3-5-10-8(13-12-5)16-4-6(14)11-7(9)15/h2-4H2,1H3,(H,10,12,13)(H3,9,11,14,15). The van der Waals surface area contributed by atoms with E-state index in [-0.39, 0.29) is 5.75 Å². The van der Waals surface area contributed by atoms with Gasteiger partial charge in [-0.1, -0.05) is 18.7 Å². The fourth-order valence-electron chi connectivity index (χ4n) is 0.995. The van der Waals surface area contributed by atoms with Crippen LogP contribution in [0.4, 0.5) is 4.79 Å². The van der Waals surface area contributed by atoms with Crippen LogP contribution in [-0.2, 0) is 11.2 Å². The molecule has 0 aliphatic heterocycles. The average molecular weight is 243 g/mol. The summed E-state index contributed by atoms with van der Waals surface area (Å²) in [6.45, 7) is 2.04. The first-order valence-electron chi connectivity index (χ1n) is 4.75. The number of amides is 3. The average Bonchev–Trinajstić information content (AvgIpc) is 2.62. The summed E-state index contributed by atoms with van der Waals surface area (Å²) in [6.07, 6.45) is 1.79. The number of hydrogen-bond acceptors (Lipinski definition) is 5. The van der Waals surface area contributed by atoms with Gasteiger partial charge in [0.1, 0.15) is 5.82 Å². The number of nitrogens with two attached hydrogens (primary N) is 1. The first-order valence-corrected chi connectivity index (χ1v) is 5.73. The summed E-state index contributed by atoms with van der Waals surface area (Å²) >= 11 is 1.14. The van der Waals surface area contributed by atoms with Crippen LogP contribution in [0.15, 0.2) is 5.16 Å². The molecule has 88 valence electrons. The number of imide groups is 1. The van der Waals surface area contributed by atoms with Gasteiger partial charge in [0.25, 0.3) is 0 Å². The lowest BCUT2D eigenvalue weighted by molar-refractivity contribution is -0.117. The number of aromatic nitrogens is 3. The summed E-state index contributed by atoms with van der Waals surface area (Å²) in [4.78, 5) is 25.6. The van der Waals surface area contributed by atoms with Gasteiger partial charge >= 0.3 is 6.03 Å². The molecule has 0 saturated heterocycles. The molecule has 0 saturated carbocycles. The lowest BCUT2D eigenvalue weighted by atomic mass is 10.3. The minimum absolute atomic E-state index is 0.0619. The lowest BCUT2D eigenvalue weighted by Crippen LogP contribution is -2.36. The Morgan fingerprint density at radius 3 is 2.94 bits per heavy atom. The Morgan fingerprint density at radius 1 is 1.56 bits per heavy atom. The molecular weight excluding hydrogens is 230 g/mol. The van der Waals surface area contributed by atoms with Gasteiger partial charge in [-0.05, 0) is 6.42 Å². The highest BCUT2D eigenvalue weighted by Crippen LogP contribution is 2.11. The third-order valence-electron chi connectivity index (χ3n) is 1.59. The summed E-state index contributed by atoms with van der Waals surface area (Å²) in [5, 5.41) is 9.13. The number of thioether (sulfide) groups is 1. The van der Waals surface area contributed by atoms with Gasteiger partial charge in [0.15, 0.2) is 0 Å². The van der Waals surface area contributed by atoms with E-state index in [0.29, 0.717) is 5.16 Å². The van der Waals surface area contributed by atoms with Gasteiger partial charge in [-0.15, -0.1) is 5.10 Å². The summed E-state index contributed by atoms with van der Waals surface area (Å²) in [7, 11) is 0. The molecule has 0 aromatic carbocycles.